The van der Waals surface area contributed by atoms with Crippen LogP contribution in [0.5, 0.6) is 0 Å². The maximum absolute atomic E-state index is 12.9. The first kappa shape index (κ1) is 17.0. The Labute approximate surface area is 142 Å². The van der Waals surface area contributed by atoms with Gasteiger partial charge in [-0.15, -0.1) is 0 Å². The van der Waals surface area contributed by atoms with Gasteiger partial charge < -0.3 is 19.9 Å². The van der Waals surface area contributed by atoms with Crippen LogP contribution in [0.1, 0.15) is 16.8 Å². The second kappa shape index (κ2) is 6.98. The van der Waals surface area contributed by atoms with E-state index in [0.717, 1.165) is 12.4 Å². The van der Waals surface area contributed by atoms with Crippen LogP contribution in [-0.2, 0) is 7.05 Å². The summed E-state index contributed by atoms with van der Waals surface area (Å²) in [5, 5.41) is 13.1. The van der Waals surface area contributed by atoms with Crippen LogP contribution in [0.4, 0.5) is 10.3 Å². The number of aryl methyl sites for hydroxylation is 1. The molecule has 2 N–H and O–H groups in total. The zero-order chi connectivity index (χ0) is 18.0. The summed E-state index contributed by atoms with van der Waals surface area (Å²) in [5.41, 5.74) is 0.141. The number of β-amino-alcohol motifs (C(OH)–C–C–N with tert-alkyl or cyclic N) is 1. The molecular weight excluding hydrogens is 329 g/mol. The first-order valence-electron chi connectivity index (χ1n) is 7.82. The quantitative estimate of drug-likeness (QED) is 0.790. The summed E-state index contributed by atoms with van der Waals surface area (Å²) in [6.07, 6.45) is 3.26. The van der Waals surface area contributed by atoms with Crippen LogP contribution in [0.3, 0.4) is 0 Å². The molecule has 0 saturated carbocycles. The minimum atomic E-state index is -0.820. The molecule has 1 aliphatic rings. The Bertz CT molecular complexity index is 823. The maximum Gasteiger partial charge on any atom is 0.253 e. The van der Waals surface area contributed by atoms with Crippen LogP contribution in [-0.4, -0.2) is 50.8 Å². The van der Waals surface area contributed by atoms with E-state index >= 15 is 0 Å². The molecule has 0 aliphatic carbocycles. The van der Waals surface area contributed by atoms with Crippen molar-refractivity contribution in [3.63, 3.8) is 0 Å². The number of carbonyl (C=O) groups is 1. The number of piperidine rings is 1. The van der Waals surface area contributed by atoms with Crippen molar-refractivity contribution in [1.82, 2.24) is 19.9 Å². The number of halogens is 1. The van der Waals surface area contributed by atoms with Gasteiger partial charge >= 0.3 is 0 Å². The predicted molar refractivity (Wildman–Crippen MR) is 87.8 cm³/mol. The first-order chi connectivity index (χ1) is 11.9. The van der Waals surface area contributed by atoms with Gasteiger partial charge in [-0.1, -0.05) is 0 Å². The standard InChI is InChI=1S/C16H18FN5O3/c1-21-8-10(2-3-14(21)24)15(25)20-12-4-5-22(9-13(12)23)16-18-6-11(17)7-19-16/h2-3,6-8,12-13,23H,4-5,9H2,1H3,(H,20,25). The number of anilines is 1. The zero-order valence-electron chi connectivity index (χ0n) is 13.6. The van der Waals surface area contributed by atoms with Gasteiger partial charge in [0.05, 0.1) is 30.1 Å². The van der Waals surface area contributed by atoms with Gasteiger partial charge in [-0.3, -0.25) is 9.59 Å². The Morgan fingerprint density at radius 3 is 2.72 bits per heavy atom. The Morgan fingerprint density at radius 2 is 2.08 bits per heavy atom. The molecule has 2 atom stereocenters. The first-order valence-corrected chi connectivity index (χ1v) is 7.82. The lowest BCUT2D eigenvalue weighted by Gasteiger charge is -2.36. The summed E-state index contributed by atoms with van der Waals surface area (Å²) in [7, 11) is 1.56. The number of nitrogens with one attached hydrogen (secondary N) is 1. The molecule has 2 aromatic heterocycles. The second-order valence-corrected chi connectivity index (χ2v) is 5.95. The van der Waals surface area contributed by atoms with Crippen molar-refractivity contribution in [3.05, 3.63) is 52.5 Å². The third kappa shape index (κ3) is 3.82. The fraction of sp³-hybridized carbons (Fsp3) is 0.375. The lowest BCUT2D eigenvalue weighted by molar-refractivity contribution is 0.0796. The number of hydrogen-bond acceptors (Lipinski definition) is 6. The normalized spacial score (nSPS) is 20.4. The molecule has 1 amide bonds. The molecule has 1 aliphatic heterocycles. The van der Waals surface area contributed by atoms with Crippen LogP contribution in [0.25, 0.3) is 0 Å². The van der Waals surface area contributed by atoms with E-state index in [1.54, 1.807) is 11.9 Å². The highest BCUT2D eigenvalue weighted by atomic mass is 19.1. The van der Waals surface area contributed by atoms with Crippen molar-refractivity contribution in [2.45, 2.75) is 18.6 Å². The summed E-state index contributed by atoms with van der Waals surface area (Å²) >= 11 is 0. The minimum Gasteiger partial charge on any atom is -0.389 e. The number of aliphatic hydroxyl groups excluding tert-OH is 1. The van der Waals surface area contributed by atoms with E-state index in [-0.39, 0.29) is 18.0 Å². The lowest BCUT2D eigenvalue weighted by atomic mass is 10.0. The third-order valence-electron chi connectivity index (χ3n) is 4.14. The summed E-state index contributed by atoms with van der Waals surface area (Å²) in [4.78, 5) is 33.2. The number of aliphatic hydroxyl groups is 1. The maximum atomic E-state index is 12.9. The molecule has 0 aromatic carbocycles. The van der Waals surface area contributed by atoms with E-state index in [2.05, 4.69) is 15.3 Å². The molecule has 0 spiro atoms. The Morgan fingerprint density at radius 1 is 1.36 bits per heavy atom. The number of rotatable bonds is 3. The van der Waals surface area contributed by atoms with Crippen molar-refractivity contribution < 1.29 is 14.3 Å². The molecule has 3 heterocycles. The third-order valence-corrected chi connectivity index (χ3v) is 4.14. The SMILES string of the molecule is Cn1cc(C(=O)NC2CCN(c3ncc(F)cn3)CC2O)ccc1=O. The second-order valence-electron chi connectivity index (χ2n) is 5.95. The van der Waals surface area contributed by atoms with E-state index in [9.17, 15) is 19.1 Å². The summed E-state index contributed by atoms with van der Waals surface area (Å²) < 4.78 is 14.2. The number of pyridine rings is 1. The monoisotopic (exact) mass is 347 g/mol. The number of nitrogens with zero attached hydrogens (tertiary/aromatic N) is 4. The number of amides is 1. The van der Waals surface area contributed by atoms with Crippen LogP contribution >= 0.6 is 0 Å². The Hall–Kier alpha value is -2.81. The highest BCUT2D eigenvalue weighted by Crippen LogP contribution is 2.16. The van der Waals surface area contributed by atoms with Crippen LogP contribution < -0.4 is 15.8 Å². The van der Waals surface area contributed by atoms with Crippen molar-refractivity contribution in [1.29, 1.82) is 0 Å². The van der Waals surface area contributed by atoms with Gasteiger partial charge in [0.2, 0.25) is 11.5 Å². The molecule has 1 saturated heterocycles. The van der Waals surface area contributed by atoms with E-state index in [0.29, 0.717) is 24.5 Å². The van der Waals surface area contributed by atoms with Gasteiger partial charge in [-0.2, -0.15) is 0 Å². The largest absolute Gasteiger partial charge is 0.389 e. The molecule has 8 nitrogen and oxygen atoms in total. The smallest absolute Gasteiger partial charge is 0.253 e. The Kier molecular flexibility index (Phi) is 4.75. The molecule has 132 valence electrons. The fourth-order valence-electron chi connectivity index (χ4n) is 2.73. The van der Waals surface area contributed by atoms with E-state index in [4.69, 9.17) is 0 Å². The van der Waals surface area contributed by atoms with Gasteiger partial charge in [0.25, 0.3) is 5.91 Å². The predicted octanol–water partition coefficient (Wildman–Crippen LogP) is -0.316. The Balaban J connectivity index is 1.63. The summed E-state index contributed by atoms with van der Waals surface area (Å²) in [5.74, 6) is -0.543. The number of carbonyl (C=O) groups excluding carboxylic acids is 1. The molecule has 2 aromatic rings. The van der Waals surface area contributed by atoms with Gasteiger partial charge in [-0.05, 0) is 12.5 Å². The molecule has 9 heteroatoms. The fourth-order valence-corrected chi connectivity index (χ4v) is 2.73. The molecule has 3 rings (SSSR count). The average Bonchev–Trinajstić information content (AvgIpc) is 2.59. The van der Waals surface area contributed by atoms with Gasteiger partial charge in [0.1, 0.15) is 0 Å². The van der Waals surface area contributed by atoms with E-state index in [1.807, 2.05) is 0 Å². The van der Waals surface area contributed by atoms with Crippen LogP contribution in [0.2, 0.25) is 0 Å². The van der Waals surface area contributed by atoms with Crippen molar-refractivity contribution >= 4 is 11.9 Å². The number of aromatic nitrogens is 3. The van der Waals surface area contributed by atoms with Gasteiger partial charge in [0.15, 0.2) is 5.82 Å². The molecule has 0 radical (unpaired) electrons. The molecule has 2 unspecified atom stereocenters. The van der Waals surface area contributed by atoms with E-state index in [1.165, 1.54) is 22.9 Å². The van der Waals surface area contributed by atoms with E-state index < -0.39 is 18.0 Å². The lowest BCUT2D eigenvalue weighted by Crippen LogP contribution is -2.54. The highest BCUT2D eigenvalue weighted by molar-refractivity contribution is 5.94. The molecule has 0 bridgehead atoms. The summed E-state index contributed by atoms with van der Waals surface area (Å²) in [6, 6.07) is 2.34. The summed E-state index contributed by atoms with van der Waals surface area (Å²) in [6.45, 7) is 0.741. The molecule has 25 heavy (non-hydrogen) atoms. The highest BCUT2D eigenvalue weighted by Gasteiger charge is 2.30. The van der Waals surface area contributed by atoms with Crippen LogP contribution in [0.15, 0.2) is 35.5 Å². The van der Waals surface area contributed by atoms with Crippen molar-refractivity contribution in [2.24, 2.45) is 7.05 Å². The van der Waals surface area contributed by atoms with Crippen molar-refractivity contribution in [2.75, 3.05) is 18.0 Å². The van der Waals surface area contributed by atoms with Gasteiger partial charge in [-0.25, -0.2) is 14.4 Å². The molecule has 1 fully saturated rings. The zero-order valence-corrected chi connectivity index (χ0v) is 13.6. The average molecular weight is 347 g/mol. The van der Waals surface area contributed by atoms with Crippen molar-refractivity contribution in [3.8, 4) is 0 Å². The van der Waals surface area contributed by atoms with Gasteiger partial charge in [0, 0.05) is 32.4 Å². The topological polar surface area (TPSA) is 100 Å². The van der Waals surface area contributed by atoms with Crippen LogP contribution in [0, 0.1) is 5.82 Å². The number of hydrogen-bond donors (Lipinski definition) is 2. The minimum absolute atomic E-state index is 0.204. The molecular formula is C16H18FN5O3.